The van der Waals surface area contributed by atoms with Crippen molar-refractivity contribution < 1.29 is 9.66 Å². The van der Waals surface area contributed by atoms with E-state index in [9.17, 15) is 10.1 Å². The van der Waals surface area contributed by atoms with Crippen molar-refractivity contribution in [3.05, 3.63) is 104 Å². The minimum atomic E-state index is -0.505. The second-order valence-corrected chi connectivity index (χ2v) is 8.03. The zero-order valence-electron chi connectivity index (χ0n) is 15.5. The molecule has 2 aliphatic rings. The summed E-state index contributed by atoms with van der Waals surface area (Å²) in [6.45, 7) is 0. The van der Waals surface area contributed by atoms with Crippen LogP contribution in [0.15, 0.2) is 71.8 Å². The second-order valence-electron chi connectivity index (χ2n) is 7.15. The molecule has 2 aliphatic heterocycles. The van der Waals surface area contributed by atoms with Crippen molar-refractivity contribution in [3.8, 4) is 5.75 Å². The molecule has 0 aromatic heterocycles. The van der Waals surface area contributed by atoms with Crippen molar-refractivity contribution in [2.45, 2.75) is 18.7 Å². The number of hydrazone groups is 1. The largest absolute Gasteiger partial charge is 0.464 e. The summed E-state index contributed by atoms with van der Waals surface area (Å²) in [5.41, 5.74) is 3.69. The number of benzene rings is 3. The number of nitro benzene ring substituents is 1. The van der Waals surface area contributed by atoms with Gasteiger partial charge in [0.25, 0.3) is 5.69 Å². The summed E-state index contributed by atoms with van der Waals surface area (Å²) in [5.74, 6) is 0.733. The van der Waals surface area contributed by atoms with Crippen LogP contribution in [-0.2, 0) is 0 Å². The zero-order chi connectivity index (χ0) is 20.8. The lowest BCUT2D eigenvalue weighted by Gasteiger charge is -2.38. The molecule has 0 spiro atoms. The van der Waals surface area contributed by atoms with Gasteiger partial charge >= 0.3 is 0 Å². The van der Waals surface area contributed by atoms with Crippen LogP contribution in [0.25, 0.3) is 0 Å². The molecule has 3 aromatic carbocycles. The lowest BCUT2D eigenvalue weighted by atomic mass is 9.96. The molecule has 3 aromatic rings. The summed E-state index contributed by atoms with van der Waals surface area (Å²) in [4.78, 5) is 10.6. The van der Waals surface area contributed by atoms with Crippen molar-refractivity contribution in [2.75, 3.05) is 0 Å². The molecule has 6 nitrogen and oxygen atoms in total. The molecule has 0 saturated carbocycles. The Labute approximate surface area is 182 Å². The van der Waals surface area contributed by atoms with Crippen molar-refractivity contribution in [3.63, 3.8) is 0 Å². The Bertz CT molecular complexity index is 1160. The lowest BCUT2D eigenvalue weighted by molar-refractivity contribution is -0.384. The van der Waals surface area contributed by atoms with E-state index in [1.54, 1.807) is 18.2 Å². The van der Waals surface area contributed by atoms with Crippen LogP contribution in [0.1, 0.15) is 35.4 Å². The van der Waals surface area contributed by atoms with Crippen LogP contribution in [-0.4, -0.2) is 15.6 Å². The van der Waals surface area contributed by atoms with E-state index in [1.165, 1.54) is 12.1 Å². The predicted molar refractivity (Wildman–Crippen MR) is 115 cm³/mol. The van der Waals surface area contributed by atoms with Crippen molar-refractivity contribution in [1.82, 2.24) is 5.01 Å². The van der Waals surface area contributed by atoms with Crippen LogP contribution >= 0.6 is 23.2 Å². The van der Waals surface area contributed by atoms with Crippen molar-refractivity contribution in [2.24, 2.45) is 5.10 Å². The van der Waals surface area contributed by atoms with E-state index in [0.717, 1.165) is 28.2 Å². The van der Waals surface area contributed by atoms with Gasteiger partial charge in [0, 0.05) is 39.7 Å². The van der Waals surface area contributed by atoms with Gasteiger partial charge in [0.1, 0.15) is 5.75 Å². The van der Waals surface area contributed by atoms with E-state index < -0.39 is 11.2 Å². The first kappa shape index (κ1) is 18.9. The molecule has 0 N–H and O–H groups in total. The van der Waals surface area contributed by atoms with Gasteiger partial charge in [-0.2, -0.15) is 5.10 Å². The smallest absolute Gasteiger partial charge is 0.269 e. The molecular weight excluding hydrogens is 425 g/mol. The Balaban J connectivity index is 1.57. The van der Waals surface area contributed by atoms with Gasteiger partial charge in [0.05, 0.1) is 16.7 Å². The maximum Gasteiger partial charge on any atom is 0.269 e. The summed E-state index contributed by atoms with van der Waals surface area (Å²) in [5, 5.41) is 19.1. The first-order valence-corrected chi connectivity index (χ1v) is 10.1. The summed E-state index contributed by atoms with van der Waals surface area (Å²) in [6.07, 6.45) is 0.177. The van der Waals surface area contributed by atoms with Gasteiger partial charge in [-0.15, -0.1) is 0 Å². The van der Waals surface area contributed by atoms with Crippen LogP contribution in [0.4, 0.5) is 5.69 Å². The fourth-order valence-corrected chi connectivity index (χ4v) is 4.16. The van der Waals surface area contributed by atoms with Gasteiger partial charge in [-0.25, -0.2) is 5.01 Å². The molecule has 150 valence electrons. The average Bonchev–Trinajstić information content (AvgIpc) is 3.19. The topological polar surface area (TPSA) is 68.0 Å². The highest BCUT2D eigenvalue weighted by molar-refractivity contribution is 6.31. The SMILES string of the molecule is O=[N+]([O-])c1ccc([C@@H]2Oc3ccc(Cl)cc3[C@@H]3CC(c4ccc(Cl)cc4)=NN32)cc1. The van der Waals surface area contributed by atoms with E-state index in [-0.39, 0.29) is 11.7 Å². The Morgan fingerprint density at radius 3 is 2.40 bits per heavy atom. The fraction of sp³-hybridized carbons (Fsp3) is 0.136. The average molecular weight is 440 g/mol. The molecule has 0 aliphatic carbocycles. The van der Waals surface area contributed by atoms with Crippen LogP contribution < -0.4 is 4.74 Å². The van der Waals surface area contributed by atoms with Crippen molar-refractivity contribution >= 4 is 34.6 Å². The fourth-order valence-electron chi connectivity index (χ4n) is 3.86. The molecular formula is C22H15Cl2N3O3. The molecule has 0 amide bonds. The number of nitro groups is 1. The molecule has 30 heavy (non-hydrogen) atoms. The molecule has 0 radical (unpaired) electrons. The van der Waals surface area contributed by atoms with Gasteiger partial charge in [0.15, 0.2) is 0 Å². The highest BCUT2D eigenvalue weighted by Gasteiger charge is 2.41. The number of hydrogen-bond acceptors (Lipinski definition) is 5. The van der Waals surface area contributed by atoms with Gasteiger partial charge in [-0.3, -0.25) is 10.1 Å². The van der Waals surface area contributed by atoms with Gasteiger partial charge in [-0.1, -0.05) is 35.3 Å². The molecule has 2 heterocycles. The lowest BCUT2D eigenvalue weighted by Crippen LogP contribution is -2.33. The highest BCUT2D eigenvalue weighted by atomic mass is 35.5. The van der Waals surface area contributed by atoms with E-state index in [2.05, 4.69) is 0 Å². The summed E-state index contributed by atoms with van der Waals surface area (Å²) in [7, 11) is 0. The summed E-state index contributed by atoms with van der Waals surface area (Å²) >= 11 is 12.3. The van der Waals surface area contributed by atoms with E-state index in [0.29, 0.717) is 16.5 Å². The first-order valence-electron chi connectivity index (χ1n) is 9.32. The molecule has 0 saturated heterocycles. The third-order valence-corrected chi connectivity index (χ3v) is 5.81. The van der Waals surface area contributed by atoms with E-state index >= 15 is 0 Å². The number of ether oxygens (including phenoxy) is 1. The molecule has 8 heteroatoms. The molecule has 2 atom stereocenters. The van der Waals surface area contributed by atoms with E-state index in [1.807, 2.05) is 41.4 Å². The Morgan fingerprint density at radius 2 is 1.70 bits per heavy atom. The van der Waals surface area contributed by atoms with Crippen LogP contribution in [0.2, 0.25) is 10.0 Å². The first-order chi connectivity index (χ1) is 14.5. The quantitative estimate of drug-likeness (QED) is 0.362. The number of nitrogens with zero attached hydrogens (tertiary/aromatic N) is 3. The summed E-state index contributed by atoms with van der Waals surface area (Å²) in [6, 6.07) is 19.4. The number of halogens is 2. The van der Waals surface area contributed by atoms with Crippen LogP contribution in [0.3, 0.4) is 0 Å². The molecule has 0 unspecified atom stereocenters. The molecule has 0 bridgehead atoms. The second kappa shape index (κ2) is 7.31. The minimum absolute atomic E-state index is 0.0325. The summed E-state index contributed by atoms with van der Waals surface area (Å²) < 4.78 is 6.26. The van der Waals surface area contributed by atoms with Crippen LogP contribution in [0.5, 0.6) is 5.75 Å². The Kier molecular flexibility index (Phi) is 4.60. The zero-order valence-corrected chi connectivity index (χ0v) is 17.0. The third-order valence-electron chi connectivity index (χ3n) is 5.32. The molecule has 0 fully saturated rings. The minimum Gasteiger partial charge on any atom is -0.464 e. The number of fused-ring (bicyclic) bond motifs is 3. The number of hydrogen-bond donors (Lipinski definition) is 0. The Morgan fingerprint density at radius 1 is 1.00 bits per heavy atom. The normalized spacial score (nSPS) is 19.5. The van der Waals surface area contributed by atoms with E-state index in [4.69, 9.17) is 33.0 Å². The maximum atomic E-state index is 11.0. The van der Waals surface area contributed by atoms with Crippen LogP contribution in [0, 0.1) is 10.1 Å². The Hall–Kier alpha value is -3.09. The molecule has 5 rings (SSSR count). The highest BCUT2D eigenvalue weighted by Crippen LogP contribution is 2.48. The van der Waals surface area contributed by atoms with Gasteiger partial charge < -0.3 is 4.74 Å². The monoisotopic (exact) mass is 439 g/mol. The number of non-ortho nitro benzene ring substituents is 1. The van der Waals surface area contributed by atoms with Crippen molar-refractivity contribution in [1.29, 1.82) is 0 Å². The predicted octanol–water partition coefficient (Wildman–Crippen LogP) is 6.14. The third kappa shape index (κ3) is 3.28. The maximum absolute atomic E-state index is 11.0. The van der Waals surface area contributed by atoms with Gasteiger partial charge in [-0.05, 0) is 48.0 Å². The van der Waals surface area contributed by atoms with Gasteiger partial charge in [0.2, 0.25) is 6.23 Å². The standard InChI is InChI=1S/C22H15Cl2N3O3/c23-15-5-1-13(2-6-15)19-12-20-18-11-16(24)7-10-21(18)30-22(26(20)25-19)14-3-8-17(9-4-14)27(28)29/h1-11,20,22H,12H2/t20-,22-/m0/s1. The number of rotatable bonds is 3.